The summed E-state index contributed by atoms with van der Waals surface area (Å²) >= 11 is 1.79. The Labute approximate surface area is 107 Å². The number of thiophene rings is 1. The van der Waals surface area contributed by atoms with Crippen molar-refractivity contribution in [2.45, 2.75) is 51.3 Å². The number of rotatable bonds is 3. The fourth-order valence-electron chi connectivity index (χ4n) is 4.02. The number of hydrogen-bond acceptors (Lipinski definition) is 3. The Kier molecular flexibility index (Phi) is 2.62. The van der Waals surface area contributed by atoms with Gasteiger partial charge in [-0.25, -0.2) is 0 Å². The van der Waals surface area contributed by atoms with Crippen molar-refractivity contribution >= 4 is 11.3 Å². The smallest absolute Gasteiger partial charge is 0.0730 e. The van der Waals surface area contributed by atoms with Gasteiger partial charge in [0.1, 0.15) is 0 Å². The molecule has 0 aliphatic heterocycles. The number of aliphatic hydroxyl groups excluding tert-OH is 1. The van der Waals surface area contributed by atoms with E-state index in [4.69, 9.17) is 0 Å². The first-order chi connectivity index (χ1) is 8.06. The normalized spacial score (nSPS) is 38.8. The van der Waals surface area contributed by atoms with Gasteiger partial charge in [-0.15, -0.1) is 11.3 Å². The van der Waals surface area contributed by atoms with E-state index in [2.05, 4.69) is 36.7 Å². The van der Waals surface area contributed by atoms with E-state index in [1.165, 1.54) is 11.3 Å². The molecule has 2 bridgehead atoms. The third-order valence-electron chi connectivity index (χ3n) is 5.29. The predicted molar refractivity (Wildman–Crippen MR) is 71.0 cm³/mol. The van der Waals surface area contributed by atoms with E-state index in [9.17, 15) is 5.11 Å². The maximum atomic E-state index is 10.4. The summed E-state index contributed by atoms with van der Waals surface area (Å²) in [6.07, 6.45) is 3.19. The monoisotopic (exact) mass is 251 g/mol. The SMILES string of the molecule is CC1(C)[C@@H]2CC[C@@]1(NCc1cccs1)[C@H](O)C2. The molecule has 1 aromatic heterocycles. The van der Waals surface area contributed by atoms with E-state index in [1.807, 2.05) is 0 Å². The van der Waals surface area contributed by atoms with E-state index in [0.29, 0.717) is 5.92 Å². The molecule has 2 aliphatic carbocycles. The lowest BCUT2D eigenvalue weighted by Gasteiger charge is -2.41. The molecule has 0 amide bonds. The zero-order valence-corrected chi connectivity index (χ0v) is 11.4. The molecule has 2 fully saturated rings. The molecule has 3 atom stereocenters. The van der Waals surface area contributed by atoms with Gasteiger partial charge in [-0.3, -0.25) is 0 Å². The molecule has 17 heavy (non-hydrogen) atoms. The summed E-state index contributed by atoms with van der Waals surface area (Å²) in [5.74, 6) is 0.688. The Morgan fingerprint density at radius 2 is 2.35 bits per heavy atom. The van der Waals surface area contributed by atoms with Crippen molar-refractivity contribution in [3.63, 3.8) is 0 Å². The molecule has 3 rings (SSSR count). The number of hydrogen-bond donors (Lipinski definition) is 2. The zero-order chi connectivity index (χ0) is 12.1. The summed E-state index contributed by atoms with van der Waals surface area (Å²) in [6, 6.07) is 4.25. The Balaban J connectivity index is 1.80. The zero-order valence-electron chi connectivity index (χ0n) is 10.6. The summed E-state index contributed by atoms with van der Waals surface area (Å²) < 4.78 is 0. The van der Waals surface area contributed by atoms with Crippen LogP contribution in [0.15, 0.2) is 17.5 Å². The van der Waals surface area contributed by atoms with Gasteiger partial charge in [0, 0.05) is 17.0 Å². The van der Waals surface area contributed by atoms with Crippen molar-refractivity contribution < 1.29 is 5.11 Å². The fourth-order valence-corrected chi connectivity index (χ4v) is 4.66. The minimum absolute atomic E-state index is 0.0539. The minimum Gasteiger partial charge on any atom is -0.391 e. The Hall–Kier alpha value is -0.380. The first-order valence-corrected chi connectivity index (χ1v) is 7.40. The average Bonchev–Trinajstić information content (AvgIpc) is 2.91. The van der Waals surface area contributed by atoms with Crippen LogP contribution in [0.2, 0.25) is 0 Å². The Morgan fingerprint density at radius 1 is 1.53 bits per heavy atom. The maximum Gasteiger partial charge on any atom is 0.0730 e. The van der Waals surface area contributed by atoms with Crippen LogP contribution in [0, 0.1) is 11.3 Å². The van der Waals surface area contributed by atoms with Gasteiger partial charge in [-0.05, 0) is 42.0 Å². The molecule has 2 saturated carbocycles. The number of fused-ring (bicyclic) bond motifs is 2. The van der Waals surface area contributed by atoms with Gasteiger partial charge < -0.3 is 10.4 Å². The van der Waals surface area contributed by atoms with Crippen LogP contribution in [0.25, 0.3) is 0 Å². The van der Waals surface area contributed by atoms with Crippen LogP contribution in [0.4, 0.5) is 0 Å². The van der Waals surface area contributed by atoms with Crippen LogP contribution in [0.3, 0.4) is 0 Å². The fraction of sp³-hybridized carbons (Fsp3) is 0.714. The van der Waals surface area contributed by atoms with Crippen molar-refractivity contribution in [1.29, 1.82) is 0 Å². The van der Waals surface area contributed by atoms with Gasteiger partial charge >= 0.3 is 0 Å². The molecule has 2 N–H and O–H groups in total. The van der Waals surface area contributed by atoms with Crippen molar-refractivity contribution in [3.8, 4) is 0 Å². The van der Waals surface area contributed by atoms with Crippen molar-refractivity contribution in [2.24, 2.45) is 11.3 Å². The van der Waals surface area contributed by atoms with Crippen molar-refractivity contribution in [3.05, 3.63) is 22.4 Å². The summed E-state index contributed by atoms with van der Waals surface area (Å²) in [5.41, 5.74) is 0.172. The molecule has 0 spiro atoms. The van der Waals surface area contributed by atoms with Crippen molar-refractivity contribution in [2.75, 3.05) is 0 Å². The lowest BCUT2D eigenvalue weighted by molar-refractivity contribution is 0.0368. The molecule has 0 aromatic carbocycles. The van der Waals surface area contributed by atoms with E-state index in [1.54, 1.807) is 11.3 Å². The van der Waals surface area contributed by atoms with Crippen LogP contribution in [-0.4, -0.2) is 16.7 Å². The molecular weight excluding hydrogens is 230 g/mol. The number of aliphatic hydroxyl groups is 1. The molecule has 1 heterocycles. The standard InChI is InChI=1S/C14H21NOS/c1-13(2)10-5-6-14(13,12(16)8-10)15-9-11-4-3-7-17-11/h3-4,7,10,12,15-16H,5-6,8-9H2,1-2H3/t10-,12-,14-/m1/s1. The highest BCUT2D eigenvalue weighted by molar-refractivity contribution is 7.09. The van der Waals surface area contributed by atoms with Gasteiger partial charge in [0.2, 0.25) is 0 Å². The maximum absolute atomic E-state index is 10.4. The topological polar surface area (TPSA) is 32.3 Å². The highest BCUT2D eigenvalue weighted by Gasteiger charge is 2.63. The quantitative estimate of drug-likeness (QED) is 0.866. The summed E-state index contributed by atoms with van der Waals surface area (Å²) in [7, 11) is 0. The summed E-state index contributed by atoms with van der Waals surface area (Å²) in [5, 5.41) is 16.2. The molecule has 3 heteroatoms. The van der Waals surface area contributed by atoms with E-state index in [0.717, 1.165) is 19.4 Å². The van der Waals surface area contributed by atoms with Gasteiger partial charge in [0.25, 0.3) is 0 Å². The molecule has 1 aromatic rings. The van der Waals surface area contributed by atoms with Crippen molar-refractivity contribution in [1.82, 2.24) is 5.32 Å². The molecule has 94 valence electrons. The second kappa shape index (κ2) is 3.81. The van der Waals surface area contributed by atoms with Gasteiger partial charge in [-0.2, -0.15) is 0 Å². The third kappa shape index (κ3) is 1.52. The molecular formula is C14H21NOS. The molecule has 0 unspecified atom stereocenters. The van der Waals surface area contributed by atoms with E-state index < -0.39 is 0 Å². The highest BCUT2D eigenvalue weighted by Crippen LogP contribution is 2.60. The first kappa shape index (κ1) is 11.7. The largest absolute Gasteiger partial charge is 0.391 e. The molecule has 0 radical (unpaired) electrons. The molecule has 2 nitrogen and oxygen atoms in total. The third-order valence-corrected chi connectivity index (χ3v) is 6.17. The predicted octanol–water partition coefficient (Wildman–Crippen LogP) is 2.78. The number of nitrogens with one attached hydrogen (secondary N) is 1. The Bertz CT molecular complexity index is 400. The lowest BCUT2D eigenvalue weighted by Crippen LogP contribution is -2.57. The second-order valence-corrected chi connectivity index (χ2v) is 7.15. The van der Waals surface area contributed by atoms with Gasteiger partial charge in [0.05, 0.1) is 6.10 Å². The summed E-state index contributed by atoms with van der Waals surface area (Å²) in [6.45, 7) is 5.54. The van der Waals surface area contributed by atoms with Crippen LogP contribution in [-0.2, 0) is 6.54 Å². The second-order valence-electron chi connectivity index (χ2n) is 6.11. The summed E-state index contributed by atoms with van der Waals surface area (Å²) in [4.78, 5) is 1.36. The van der Waals surface area contributed by atoms with Crippen LogP contribution in [0.5, 0.6) is 0 Å². The molecule has 2 aliphatic rings. The Morgan fingerprint density at radius 3 is 2.88 bits per heavy atom. The van der Waals surface area contributed by atoms with E-state index in [-0.39, 0.29) is 17.1 Å². The highest BCUT2D eigenvalue weighted by atomic mass is 32.1. The minimum atomic E-state index is -0.170. The van der Waals surface area contributed by atoms with Gasteiger partial charge in [0.15, 0.2) is 0 Å². The van der Waals surface area contributed by atoms with Crippen LogP contribution >= 0.6 is 11.3 Å². The average molecular weight is 251 g/mol. The van der Waals surface area contributed by atoms with Crippen LogP contribution in [0.1, 0.15) is 38.0 Å². The molecule has 0 saturated heterocycles. The first-order valence-electron chi connectivity index (χ1n) is 6.52. The lowest BCUT2D eigenvalue weighted by atomic mass is 9.75. The van der Waals surface area contributed by atoms with Crippen LogP contribution < -0.4 is 5.32 Å². The van der Waals surface area contributed by atoms with E-state index >= 15 is 0 Å². The van der Waals surface area contributed by atoms with Gasteiger partial charge in [-0.1, -0.05) is 19.9 Å².